The van der Waals surface area contributed by atoms with Crippen molar-refractivity contribution in [1.29, 1.82) is 0 Å². The van der Waals surface area contributed by atoms with E-state index in [0.717, 1.165) is 31.4 Å². The molecule has 1 unspecified atom stereocenters. The first kappa shape index (κ1) is 23.2. The summed E-state index contributed by atoms with van der Waals surface area (Å²) < 4.78 is 7.67. The molecular weight excluding hydrogens is 442 g/mol. The smallest absolute Gasteiger partial charge is 0.254 e. The third-order valence-corrected chi connectivity index (χ3v) is 7.04. The van der Waals surface area contributed by atoms with E-state index in [4.69, 9.17) is 27.2 Å². The van der Waals surface area contributed by atoms with Crippen LogP contribution in [0.3, 0.4) is 0 Å². The molecule has 2 aromatic rings. The van der Waals surface area contributed by atoms with E-state index < -0.39 is 5.91 Å². The van der Waals surface area contributed by atoms with Crippen LogP contribution in [0.5, 0.6) is 5.75 Å². The number of nitrogens with zero attached hydrogens (tertiary/aromatic N) is 3. The largest absolute Gasteiger partial charge is 0.494 e. The minimum absolute atomic E-state index is 0.0295. The zero-order valence-electron chi connectivity index (χ0n) is 19.1. The summed E-state index contributed by atoms with van der Waals surface area (Å²) in [6.45, 7) is 9.99. The monoisotopic (exact) mass is 471 g/mol. The maximum absolute atomic E-state index is 12.5. The molecule has 0 radical (unpaired) electrons. The number of aromatic nitrogens is 2. The highest BCUT2D eigenvalue weighted by Crippen LogP contribution is 2.41. The van der Waals surface area contributed by atoms with Crippen molar-refractivity contribution in [2.75, 3.05) is 31.6 Å². The predicted molar refractivity (Wildman–Crippen MR) is 129 cm³/mol. The van der Waals surface area contributed by atoms with Crippen molar-refractivity contribution < 1.29 is 14.3 Å². The number of anilines is 1. The Morgan fingerprint density at radius 1 is 1.33 bits per heavy atom. The van der Waals surface area contributed by atoms with E-state index in [2.05, 4.69) is 11.9 Å². The molecule has 0 saturated carbocycles. The van der Waals surface area contributed by atoms with Gasteiger partial charge in [0, 0.05) is 35.8 Å². The van der Waals surface area contributed by atoms with Crippen LogP contribution in [0, 0.1) is 12.8 Å². The van der Waals surface area contributed by atoms with Gasteiger partial charge in [0.15, 0.2) is 0 Å². The summed E-state index contributed by atoms with van der Waals surface area (Å²) in [6.07, 6.45) is 3.99. The Bertz CT molecular complexity index is 1090. The molecule has 1 fully saturated rings. The fourth-order valence-electron chi connectivity index (χ4n) is 4.90. The normalized spacial score (nSPS) is 18.4. The number of nitrogens with one attached hydrogen (secondary N) is 1. The van der Waals surface area contributed by atoms with Gasteiger partial charge >= 0.3 is 0 Å². The molecule has 0 aliphatic carbocycles. The van der Waals surface area contributed by atoms with Crippen LogP contribution in [-0.4, -0.2) is 52.7 Å². The summed E-state index contributed by atoms with van der Waals surface area (Å²) in [6, 6.07) is 3.77. The van der Waals surface area contributed by atoms with E-state index in [1.165, 1.54) is 6.08 Å². The average molecular weight is 472 g/mol. The van der Waals surface area contributed by atoms with Crippen LogP contribution in [0.1, 0.15) is 48.1 Å². The lowest BCUT2D eigenvalue weighted by Gasteiger charge is -2.38. The molecule has 33 heavy (non-hydrogen) atoms. The van der Waals surface area contributed by atoms with Crippen LogP contribution in [0.25, 0.3) is 11.3 Å². The van der Waals surface area contributed by atoms with E-state index in [0.29, 0.717) is 59.0 Å². The van der Waals surface area contributed by atoms with Crippen LogP contribution in [0.4, 0.5) is 5.82 Å². The van der Waals surface area contributed by atoms with Crippen molar-refractivity contribution in [3.05, 3.63) is 40.9 Å². The van der Waals surface area contributed by atoms with Crippen molar-refractivity contribution in [1.82, 2.24) is 14.7 Å². The molecule has 3 heterocycles. The Morgan fingerprint density at radius 3 is 2.70 bits per heavy atom. The van der Waals surface area contributed by atoms with Crippen LogP contribution in [0.2, 0.25) is 5.02 Å². The fraction of sp³-hybridized carbons (Fsp3) is 0.458. The van der Waals surface area contributed by atoms with Crippen molar-refractivity contribution in [3.63, 3.8) is 0 Å². The van der Waals surface area contributed by atoms with Gasteiger partial charge in [-0.15, -0.1) is 0 Å². The summed E-state index contributed by atoms with van der Waals surface area (Å²) in [5, 5.41) is 8.76. The topological polar surface area (TPSA) is 102 Å². The number of likely N-dealkylation sites (tertiary alicyclic amines) is 1. The molecule has 1 saturated heterocycles. The standard InChI is InChI=1S/C24H30ClN5O3/c1-4-20(31)29-10-7-15(8-11-29)18-6-9-27-24-21(23(26)32)22(28-30(18)24)16-12-17(25)14(3)19(13-16)33-5-2/h4,12-13,15,18,27H,1,5-11H2,2-3H3,(H2,26,32). The SMILES string of the molecule is C=CC(=O)N1CCC(C2CCNc3c(C(N)=O)c(-c4cc(Cl)c(C)c(OCC)c4)nn32)CC1. The number of fused-ring (bicyclic) bond motifs is 1. The molecule has 1 aromatic heterocycles. The summed E-state index contributed by atoms with van der Waals surface area (Å²) >= 11 is 6.48. The lowest BCUT2D eigenvalue weighted by molar-refractivity contribution is -0.127. The number of rotatable bonds is 6. The Kier molecular flexibility index (Phi) is 6.65. The van der Waals surface area contributed by atoms with Crippen LogP contribution < -0.4 is 15.8 Å². The Hall–Kier alpha value is -3.00. The number of benzene rings is 1. The molecule has 4 rings (SSSR count). The lowest BCUT2D eigenvalue weighted by atomic mass is 9.87. The van der Waals surface area contributed by atoms with E-state index in [1.54, 1.807) is 6.07 Å². The highest BCUT2D eigenvalue weighted by Gasteiger charge is 2.35. The second-order valence-electron chi connectivity index (χ2n) is 8.54. The quantitative estimate of drug-likeness (QED) is 0.624. The predicted octanol–water partition coefficient (Wildman–Crippen LogP) is 3.79. The van der Waals surface area contributed by atoms with Gasteiger partial charge in [-0.1, -0.05) is 18.2 Å². The second-order valence-corrected chi connectivity index (χ2v) is 8.95. The summed E-state index contributed by atoms with van der Waals surface area (Å²) in [7, 11) is 0. The van der Waals surface area contributed by atoms with Gasteiger partial charge in [-0.25, -0.2) is 4.68 Å². The summed E-state index contributed by atoms with van der Waals surface area (Å²) in [5.41, 5.74) is 8.22. The number of nitrogens with two attached hydrogens (primary N) is 1. The average Bonchev–Trinajstić information content (AvgIpc) is 3.21. The van der Waals surface area contributed by atoms with Gasteiger partial charge in [-0.2, -0.15) is 5.10 Å². The van der Waals surface area contributed by atoms with E-state index >= 15 is 0 Å². The number of carbonyl (C=O) groups is 2. The van der Waals surface area contributed by atoms with Crippen LogP contribution in [0.15, 0.2) is 24.8 Å². The van der Waals surface area contributed by atoms with Gasteiger partial charge in [-0.05, 0) is 57.2 Å². The molecule has 3 N–H and O–H groups in total. The van der Waals surface area contributed by atoms with E-state index in [1.807, 2.05) is 29.5 Å². The molecule has 0 spiro atoms. The molecule has 8 nitrogen and oxygen atoms in total. The highest BCUT2D eigenvalue weighted by atomic mass is 35.5. The van der Waals surface area contributed by atoms with Gasteiger partial charge < -0.3 is 20.7 Å². The number of halogens is 1. The summed E-state index contributed by atoms with van der Waals surface area (Å²) in [5.74, 6) is 1.07. The van der Waals surface area contributed by atoms with Gasteiger partial charge in [0.1, 0.15) is 22.8 Å². The first-order chi connectivity index (χ1) is 15.8. The Morgan fingerprint density at radius 2 is 2.06 bits per heavy atom. The summed E-state index contributed by atoms with van der Waals surface area (Å²) in [4.78, 5) is 26.3. The number of piperidine rings is 1. The molecule has 2 amide bonds. The Labute approximate surface area is 198 Å². The first-order valence-electron chi connectivity index (χ1n) is 11.4. The second kappa shape index (κ2) is 9.47. The lowest BCUT2D eigenvalue weighted by Crippen LogP contribution is -2.41. The zero-order valence-corrected chi connectivity index (χ0v) is 19.8. The molecule has 1 aromatic carbocycles. The molecule has 0 bridgehead atoms. The number of ether oxygens (including phenoxy) is 1. The molecule has 9 heteroatoms. The van der Waals surface area contributed by atoms with Gasteiger partial charge in [0.05, 0.1) is 12.6 Å². The van der Waals surface area contributed by atoms with Gasteiger partial charge in [0.25, 0.3) is 5.91 Å². The van der Waals surface area contributed by atoms with Crippen molar-refractivity contribution in [2.45, 2.75) is 39.2 Å². The Balaban J connectivity index is 1.72. The van der Waals surface area contributed by atoms with E-state index in [-0.39, 0.29) is 11.9 Å². The number of primary amides is 1. The molecule has 176 valence electrons. The fourth-order valence-corrected chi connectivity index (χ4v) is 5.12. The first-order valence-corrected chi connectivity index (χ1v) is 11.7. The zero-order chi connectivity index (χ0) is 23.7. The van der Waals surface area contributed by atoms with Crippen molar-refractivity contribution in [3.8, 4) is 17.0 Å². The third kappa shape index (κ3) is 4.31. The number of hydrogen-bond donors (Lipinski definition) is 2. The van der Waals surface area contributed by atoms with Crippen molar-refractivity contribution >= 4 is 29.2 Å². The van der Waals surface area contributed by atoms with Gasteiger partial charge in [-0.3, -0.25) is 9.59 Å². The maximum atomic E-state index is 12.5. The van der Waals surface area contributed by atoms with Crippen LogP contribution >= 0.6 is 11.6 Å². The minimum atomic E-state index is -0.541. The molecule has 2 aliphatic rings. The van der Waals surface area contributed by atoms with E-state index in [9.17, 15) is 9.59 Å². The maximum Gasteiger partial charge on any atom is 0.254 e. The third-order valence-electron chi connectivity index (χ3n) is 6.64. The molecule has 2 aliphatic heterocycles. The number of carbonyl (C=O) groups excluding carboxylic acids is 2. The highest BCUT2D eigenvalue weighted by molar-refractivity contribution is 6.32. The van der Waals surface area contributed by atoms with Crippen LogP contribution in [-0.2, 0) is 4.79 Å². The van der Waals surface area contributed by atoms with Gasteiger partial charge in [0.2, 0.25) is 5.91 Å². The number of hydrogen-bond acceptors (Lipinski definition) is 5. The minimum Gasteiger partial charge on any atom is -0.494 e. The number of amides is 2. The molecule has 1 atom stereocenters. The van der Waals surface area contributed by atoms with Crippen molar-refractivity contribution in [2.24, 2.45) is 11.7 Å². The molecular formula is C24H30ClN5O3.